The smallest absolute Gasteiger partial charge is 0.118 e. The van der Waals surface area contributed by atoms with Crippen molar-refractivity contribution < 1.29 is 4.74 Å². The van der Waals surface area contributed by atoms with Gasteiger partial charge in [0.1, 0.15) is 5.75 Å². The predicted molar refractivity (Wildman–Crippen MR) is 105 cm³/mol. The van der Waals surface area contributed by atoms with E-state index in [0.29, 0.717) is 6.04 Å². The molecule has 0 N–H and O–H groups in total. The molecule has 0 saturated carbocycles. The Morgan fingerprint density at radius 2 is 1.60 bits per heavy atom. The highest BCUT2D eigenvalue weighted by atomic mass is 16.5. The maximum Gasteiger partial charge on any atom is 0.118 e. The third-order valence-corrected chi connectivity index (χ3v) is 5.53. The maximum atomic E-state index is 5.34. The fourth-order valence-electron chi connectivity index (χ4n) is 4.03. The van der Waals surface area contributed by atoms with Gasteiger partial charge in [-0.3, -0.25) is 4.90 Å². The number of unbranched alkanes of at least 4 members (excludes halogenated alkanes) is 1. The lowest BCUT2D eigenvalue weighted by Gasteiger charge is -2.38. The third-order valence-electron chi connectivity index (χ3n) is 5.53. The van der Waals surface area contributed by atoms with Crippen LogP contribution in [0.1, 0.15) is 56.2 Å². The molecule has 0 bridgehead atoms. The Morgan fingerprint density at radius 1 is 0.960 bits per heavy atom. The van der Waals surface area contributed by atoms with Crippen LogP contribution < -0.4 is 4.74 Å². The SMILES string of the molecule is CCCCC1CCN(C(c2ccccc2)c2ccc(OC)cc2)CC1. The highest BCUT2D eigenvalue weighted by molar-refractivity contribution is 5.35. The van der Waals surface area contributed by atoms with E-state index < -0.39 is 0 Å². The summed E-state index contributed by atoms with van der Waals surface area (Å²) in [5, 5.41) is 0. The zero-order valence-corrected chi connectivity index (χ0v) is 15.7. The maximum absolute atomic E-state index is 5.34. The van der Waals surface area contributed by atoms with Gasteiger partial charge >= 0.3 is 0 Å². The van der Waals surface area contributed by atoms with Crippen molar-refractivity contribution in [3.05, 3.63) is 65.7 Å². The fourth-order valence-corrected chi connectivity index (χ4v) is 4.03. The molecule has 1 saturated heterocycles. The van der Waals surface area contributed by atoms with Crippen LogP contribution in [0.2, 0.25) is 0 Å². The van der Waals surface area contributed by atoms with Crippen LogP contribution in [0.4, 0.5) is 0 Å². The topological polar surface area (TPSA) is 12.5 Å². The summed E-state index contributed by atoms with van der Waals surface area (Å²) in [7, 11) is 1.73. The van der Waals surface area contributed by atoms with E-state index in [1.807, 2.05) is 0 Å². The first kappa shape index (κ1) is 18.0. The summed E-state index contributed by atoms with van der Waals surface area (Å²) >= 11 is 0. The quantitative estimate of drug-likeness (QED) is 0.644. The van der Waals surface area contributed by atoms with Crippen LogP contribution in [-0.2, 0) is 0 Å². The molecule has 1 aliphatic heterocycles. The Balaban J connectivity index is 1.78. The first-order valence-electron chi connectivity index (χ1n) is 9.74. The molecule has 1 aliphatic rings. The minimum absolute atomic E-state index is 0.347. The summed E-state index contributed by atoms with van der Waals surface area (Å²) in [4.78, 5) is 2.67. The number of piperidine rings is 1. The van der Waals surface area contributed by atoms with E-state index in [-0.39, 0.29) is 0 Å². The number of rotatable bonds is 7. The molecule has 3 rings (SSSR count). The molecule has 0 spiro atoms. The summed E-state index contributed by atoms with van der Waals surface area (Å²) in [5.74, 6) is 1.84. The summed E-state index contributed by atoms with van der Waals surface area (Å²) in [6, 6.07) is 19.9. The normalized spacial score (nSPS) is 17.4. The number of likely N-dealkylation sites (tertiary alicyclic amines) is 1. The van der Waals surface area contributed by atoms with Crippen molar-refractivity contribution in [2.45, 2.75) is 45.1 Å². The molecular weight excluding hydrogens is 306 g/mol. The molecule has 134 valence electrons. The monoisotopic (exact) mass is 337 g/mol. The molecule has 2 aromatic carbocycles. The van der Waals surface area contributed by atoms with E-state index in [9.17, 15) is 0 Å². The Hall–Kier alpha value is -1.80. The van der Waals surface area contributed by atoms with Crippen LogP contribution in [0.5, 0.6) is 5.75 Å². The van der Waals surface area contributed by atoms with Gasteiger partial charge in [-0.05, 0) is 55.1 Å². The summed E-state index contributed by atoms with van der Waals surface area (Å²) in [5.41, 5.74) is 2.75. The van der Waals surface area contributed by atoms with Crippen molar-refractivity contribution in [3.63, 3.8) is 0 Å². The van der Waals surface area contributed by atoms with Gasteiger partial charge in [0.05, 0.1) is 13.2 Å². The molecular formula is C23H31NO. The average molecular weight is 338 g/mol. The summed E-state index contributed by atoms with van der Waals surface area (Å²) < 4.78 is 5.34. The van der Waals surface area contributed by atoms with Crippen molar-refractivity contribution in [1.82, 2.24) is 4.90 Å². The molecule has 1 fully saturated rings. The molecule has 2 nitrogen and oxygen atoms in total. The Bertz CT molecular complexity index is 614. The zero-order chi connectivity index (χ0) is 17.5. The van der Waals surface area contributed by atoms with Crippen LogP contribution in [0.3, 0.4) is 0 Å². The Kier molecular flexibility index (Phi) is 6.52. The molecule has 1 unspecified atom stereocenters. The molecule has 25 heavy (non-hydrogen) atoms. The lowest BCUT2D eigenvalue weighted by atomic mass is 9.88. The molecule has 0 aliphatic carbocycles. The fraction of sp³-hybridized carbons (Fsp3) is 0.478. The summed E-state index contributed by atoms with van der Waals surface area (Å²) in [6.07, 6.45) is 6.77. The van der Waals surface area contributed by atoms with Crippen LogP contribution in [0.25, 0.3) is 0 Å². The number of ether oxygens (including phenoxy) is 1. The second-order valence-corrected chi connectivity index (χ2v) is 7.21. The van der Waals surface area contributed by atoms with Gasteiger partial charge < -0.3 is 4.74 Å². The number of methoxy groups -OCH3 is 1. The molecule has 2 aromatic rings. The Labute approximate surface area is 152 Å². The van der Waals surface area contributed by atoms with Crippen LogP contribution in [0.15, 0.2) is 54.6 Å². The van der Waals surface area contributed by atoms with Crippen LogP contribution >= 0.6 is 0 Å². The second kappa shape index (κ2) is 9.05. The van der Waals surface area contributed by atoms with Crippen molar-refractivity contribution in [3.8, 4) is 5.75 Å². The van der Waals surface area contributed by atoms with Gasteiger partial charge in [0.25, 0.3) is 0 Å². The highest BCUT2D eigenvalue weighted by Crippen LogP contribution is 2.34. The van der Waals surface area contributed by atoms with Gasteiger partial charge in [0.15, 0.2) is 0 Å². The number of hydrogen-bond donors (Lipinski definition) is 0. The first-order valence-corrected chi connectivity index (χ1v) is 9.74. The number of hydrogen-bond acceptors (Lipinski definition) is 2. The van der Waals surface area contributed by atoms with Crippen molar-refractivity contribution in [1.29, 1.82) is 0 Å². The van der Waals surface area contributed by atoms with Crippen LogP contribution in [0, 0.1) is 5.92 Å². The standard InChI is InChI=1S/C23H31NO/c1-3-4-8-19-15-17-24(18-16-19)23(20-9-6-5-7-10-20)21-11-13-22(25-2)14-12-21/h5-7,9-14,19,23H,3-4,8,15-18H2,1-2H3. The van der Waals surface area contributed by atoms with Gasteiger partial charge in [-0.1, -0.05) is 68.7 Å². The molecule has 0 aromatic heterocycles. The highest BCUT2D eigenvalue weighted by Gasteiger charge is 2.27. The lowest BCUT2D eigenvalue weighted by molar-refractivity contribution is 0.146. The first-order chi connectivity index (χ1) is 12.3. The molecule has 0 amide bonds. The summed E-state index contributed by atoms with van der Waals surface area (Å²) in [6.45, 7) is 4.68. The van der Waals surface area contributed by atoms with Gasteiger partial charge in [-0.15, -0.1) is 0 Å². The van der Waals surface area contributed by atoms with E-state index in [0.717, 1.165) is 11.7 Å². The van der Waals surface area contributed by atoms with E-state index in [2.05, 4.69) is 66.4 Å². The predicted octanol–water partition coefficient (Wildman–Crippen LogP) is 5.69. The second-order valence-electron chi connectivity index (χ2n) is 7.21. The average Bonchev–Trinajstić information content (AvgIpc) is 2.69. The lowest BCUT2D eigenvalue weighted by Crippen LogP contribution is -2.37. The molecule has 0 radical (unpaired) electrons. The zero-order valence-electron chi connectivity index (χ0n) is 15.7. The number of nitrogens with zero attached hydrogens (tertiary/aromatic N) is 1. The van der Waals surface area contributed by atoms with Gasteiger partial charge in [-0.25, -0.2) is 0 Å². The molecule has 1 heterocycles. The van der Waals surface area contributed by atoms with E-state index in [1.165, 1.54) is 56.3 Å². The number of benzene rings is 2. The molecule has 1 atom stereocenters. The Morgan fingerprint density at radius 3 is 2.20 bits per heavy atom. The van der Waals surface area contributed by atoms with E-state index in [4.69, 9.17) is 4.74 Å². The minimum atomic E-state index is 0.347. The van der Waals surface area contributed by atoms with Gasteiger partial charge in [-0.2, -0.15) is 0 Å². The van der Waals surface area contributed by atoms with E-state index >= 15 is 0 Å². The van der Waals surface area contributed by atoms with Crippen molar-refractivity contribution in [2.24, 2.45) is 5.92 Å². The van der Waals surface area contributed by atoms with Crippen molar-refractivity contribution in [2.75, 3.05) is 20.2 Å². The van der Waals surface area contributed by atoms with Crippen molar-refractivity contribution >= 4 is 0 Å². The van der Waals surface area contributed by atoms with E-state index in [1.54, 1.807) is 7.11 Å². The van der Waals surface area contributed by atoms with Gasteiger partial charge in [0, 0.05) is 0 Å². The molecule has 2 heteroatoms. The largest absolute Gasteiger partial charge is 0.497 e. The van der Waals surface area contributed by atoms with Gasteiger partial charge in [0.2, 0.25) is 0 Å². The van der Waals surface area contributed by atoms with Crippen LogP contribution in [-0.4, -0.2) is 25.1 Å². The third kappa shape index (κ3) is 4.64. The minimum Gasteiger partial charge on any atom is -0.497 e.